The van der Waals surface area contributed by atoms with Crippen LogP contribution in [0, 0.1) is 40.6 Å². The van der Waals surface area contributed by atoms with Crippen LogP contribution in [0.1, 0.15) is 29.9 Å². The zero-order valence-electron chi connectivity index (χ0n) is 24.0. The van der Waals surface area contributed by atoms with Crippen LogP contribution in [0.4, 0.5) is 21.5 Å². The van der Waals surface area contributed by atoms with Gasteiger partial charge in [-0.2, -0.15) is 0 Å². The van der Waals surface area contributed by atoms with Crippen LogP contribution in [-0.4, -0.2) is 43.4 Å². The van der Waals surface area contributed by atoms with E-state index in [1.54, 1.807) is 31.2 Å². The Labute approximate surface area is 271 Å². The number of halogens is 3. The maximum atomic E-state index is 14.4. The van der Waals surface area contributed by atoms with Crippen LogP contribution in [-0.2, 0) is 19.2 Å². The summed E-state index contributed by atoms with van der Waals surface area (Å²) in [6.07, 6.45) is 1.55. The number of para-hydroxylation sites is 1. The molecule has 7 rings (SSSR count). The van der Waals surface area contributed by atoms with Crippen molar-refractivity contribution in [2.24, 2.45) is 17.8 Å². The number of phenolic OH excluding ortho intramolecular Hbond substituents is 1. The second kappa shape index (κ2) is 10.2. The van der Waals surface area contributed by atoms with Gasteiger partial charge < -0.3 is 5.11 Å². The summed E-state index contributed by atoms with van der Waals surface area (Å²) in [7, 11) is 0. The van der Waals surface area contributed by atoms with Gasteiger partial charge in [0.05, 0.1) is 28.1 Å². The third-order valence-corrected chi connectivity index (χ3v) is 11.2. The van der Waals surface area contributed by atoms with Crippen molar-refractivity contribution in [3.8, 4) is 5.75 Å². The topological polar surface area (TPSA) is 138 Å². The lowest BCUT2D eigenvalue weighted by atomic mass is 9.56. The highest BCUT2D eigenvalue weighted by molar-refractivity contribution is 6.58. The lowest BCUT2D eigenvalue weighted by molar-refractivity contribution is -0.384. The minimum Gasteiger partial charge on any atom is -0.507 e. The average Bonchev–Trinajstić information content (AvgIpc) is 3.37. The predicted molar refractivity (Wildman–Crippen MR) is 165 cm³/mol. The number of carbonyl (C=O) groups excluding carboxylic acids is 4. The van der Waals surface area contributed by atoms with E-state index in [1.807, 2.05) is 0 Å². The number of alkyl halides is 2. The molecule has 1 saturated carbocycles. The maximum Gasteiger partial charge on any atom is 0.269 e. The van der Waals surface area contributed by atoms with Crippen molar-refractivity contribution < 1.29 is 33.6 Å². The summed E-state index contributed by atoms with van der Waals surface area (Å²) < 4.78 is 13.8. The minimum absolute atomic E-state index is 0.0457. The number of amides is 4. The highest BCUT2D eigenvalue weighted by Crippen LogP contribution is 2.66. The fraction of sp³-hybridized carbons (Fsp3) is 0.273. The quantitative estimate of drug-likeness (QED) is 0.128. The molecule has 2 aliphatic heterocycles. The van der Waals surface area contributed by atoms with Crippen LogP contribution in [0.25, 0.3) is 0 Å². The lowest BCUT2D eigenvalue weighted by Crippen LogP contribution is -2.60. The number of rotatable bonds is 4. The van der Waals surface area contributed by atoms with E-state index in [4.69, 9.17) is 23.2 Å². The summed E-state index contributed by atoms with van der Waals surface area (Å²) in [6.45, 7) is 1.66. The number of carbonyl (C=O) groups is 4. The van der Waals surface area contributed by atoms with E-state index >= 15 is 0 Å². The number of imide groups is 2. The average molecular weight is 664 g/mol. The van der Waals surface area contributed by atoms with Gasteiger partial charge in [0.2, 0.25) is 11.8 Å². The lowest BCUT2D eigenvalue weighted by Gasteiger charge is -2.50. The molecule has 4 aliphatic rings. The number of benzene rings is 3. The molecule has 0 aromatic heterocycles. The van der Waals surface area contributed by atoms with Crippen LogP contribution < -0.4 is 9.80 Å². The molecule has 6 atom stereocenters. The van der Waals surface area contributed by atoms with Crippen molar-refractivity contribution >= 4 is 63.9 Å². The fourth-order valence-electron chi connectivity index (χ4n) is 7.64. The Kier molecular flexibility index (Phi) is 6.67. The molecule has 3 fully saturated rings. The number of aryl methyl sites for hydroxylation is 1. The first-order chi connectivity index (χ1) is 21.8. The molecule has 3 aromatic carbocycles. The summed E-state index contributed by atoms with van der Waals surface area (Å²) in [6, 6.07) is 14.6. The highest BCUT2D eigenvalue weighted by Gasteiger charge is 2.77. The smallest absolute Gasteiger partial charge is 0.269 e. The molecule has 0 radical (unpaired) electrons. The molecule has 0 spiro atoms. The molecule has 6 unspecified atom stereocenters. The Bertz CT molecular complexity index is 1920. The van der Waals surface area contributed by atoms with E-state index in [0.717, 1.165) is 21.9 Å². The molecule has 1 N–H and O–H groups in total. The van der Waals surface area contributed by atoms with Gasteiger partial charge >= 0.3 is 0 Å². The van der Waals surface area contributed by atoms with E-state index in [2.05, 4.69) is 0 Å². The van der Waals surface area contributed by atoms with E-state index in [0.29, 0.717) is 11.1 Å². The van der Waals surface area contributed by atoms with Crippen LogP contribution in [0.3, 0.4) is 0 Å². The normalized spacial score (nSPS) is 30.2. The minimum atomic E-state index is -2.18. The number of hydrogen-bond donors (Lipinski definition) is 1. The van der Waals surface area contributed by atoms with Gasteiger partial charge in [-0.15, -0.1) is 23.2 Å². The van der Waals surface area contributed by atoms with Gasteiger partial charge in [-0.3, -0.25) is 34.2 Å². The number of aromatic hydroxyl groups is 1. The zero-order valence-corrected chi connectivity index (χ0v) is 25.5. The number of nitrogens with zero attached hydrogens (tertiary/aromatic N) is 3. The van der Waals surface area contributed by atoms with E-state index in [-0.39, 0.29) is 41.2 Å². The molecule has 46 heavy (non-hydrogen) atoms. The molecule has 13 heteroatoms. The van der Waals surface area contributed by atoms with Crippen molar-refractivity contribution in [3.05, 3.63) is 105 Å². The predicted octanol–water partition coefficient (Wildman–Crippen LogP) is 5.52. The van der Waals surface area contributed by atoms with E-state index in [9.17, 15) is 38.8 Å². The first-order valence-electron chi connectivity index (χ1n) is 14.4. The zero-order chi connectivity index (χ0) is 32.9. The highest BCUT2D eigenvalue weighted by atomic mass is 35.5. The van der Waals surface area contributed by atoms with Crippen molar-refractivity contribution in [2.75, 3.05) is 9.80 Å². The van der Waals surface area contributed by atoms with E-state index < -0.39 is 67.8 Å². The molecule has 0 bridgehead atoms. The van der Waals surface area contributed by atoms with Crippen LogP contribution in [0.2, 0.25) is 0 Å². The van der Waals surface area contributed by atoms with E-state index in [1.165, 1.54) is 36.4 Å². The summed E-state index contributed by atoms with van der Waals surface area (Å²) in [4.78, 5) is 64.6. The number of nitro benzene ring substituents is 1. The second-order valence-electron chi connectivity index (χ2n) is 12.0. The number of non-ortho nitro benzene ring substituents is 1. The Balaban J connectivity index is 1.38. The third kappa shape index (κ3) is 3.88. The molecule has 2 heterocycles. The molecule has 3 aromatic rings. The van der Waals surface area contributed by atoms with Crippen LogP contribution >= 0.6 is 23.2 Å². The summed E-state index contributed by atoms with van der Waals surface area (Å²) >= 11 is 14.6. The van der Waals surface area contributed by atoms with Crippen molar-refractivity contribution in [1.29, 1.82) is 0 Å². The first kappa shape index (κ1) is 30.1. The molecule has 234 valence electrons. The van der Waals surface area contributed by atoms with Gasteiger partial charge in [-0.25, -0.2) is 9.29 Å². The first-order valence-corrected chi connectivity index (χ1v) is 15.2. The standard InChI is InChI=1S/C33H24Cl2FN3O7/c1-16-3-2-4-23(27(16)40)26-21-13-14-22-25(29(42)37(28(22)41)18-9-11-20(12-10-18)39(45)46)24(21)15-32(34)30(43)38(31(44)33(26,32)35)19-7-5-17(36)6-8-19/h2-13,22,24-26,40H,14-15H2,1H3. The van der Waals surface area contributed by atoms with Crippen molar-refractivity contribution in [3.63, 3.8) is 0 Å². The molecular weight excluding hydrogens is 640 g/mol. The molecule has 2 saturated heterocycles. The number of anilines is 2. The Morgan fingerprint density at radius 1 is 0.891 bits per heavy atom. The third-order valence-electron chi connectivity index (χ3n) is 9.79. The van der Waals surface area contributed by atoms with Crippen LogP contribution in [0.5, 0.6) is 5.75 Å². The summed E-state index contributed by atoms with van der Waals surface area (Å²) in [5.41, 5.74) is 1.17. The summed E-state index contributed by atoms with van der Waals surface area (Å²) in [5, 5.41) is 22.5. The molecule has 4 amide bonds. The number of phenols is 1. The Hall–Kier alpha value is -4.61. The summed E-state index contributed by atoms with van der Waals surface area (Å²) in [5.74, 6) is -7.48. The molecule has 10 nitrogen and oxygen atoms in total. The van der Waals surface area contributed by atoms with Gasteiger partial charge in [0.1, 0.15) is 11.6 Å². The Morgan fingerprint density at radius 2 is 1.52 bits per heavy atom. The number of nitro groups is 1. The maximum absolute atomic E-state index is 14.4. The monoisotopic (exact) mass is 663 g/mol. The van der Waals surface area contributed by atoms with Gasteiger partial charge in [-0.1, -0.05) is 29.8 Å². The molecular formula is C33H24Cl2FN3O7. The van der Waals surface area contributed by atoms with Gasteiger partial charge in [0, 0.05) is 23.6 Å². The van der Waals surface area contributed by atoms with Crippen molar-refractivity contribution in [2.45, 2.75) is 35.4 Å². The fourth-order valence-corrected chi connectivity index (χ4v) is 8.56. The SMILES string of the molecule is Cc1cccc(C2C3=CCC4C(=O)N(c5ccc([N+](=O)[O-])cc5)C(=O)C4C3CC3(Cl)C(=O)N(c4ccc(F)cc4)C(=O)C23Cl)c1O. The number of allylic oxidation sites excluding steroid dienone is 2. The van der Waals surface area contributed by atoms with Gasteiger partial charge in [-0.05, 0) is 67.6 Å². The van der Waals surface area contributed by atoms with Crippen LogP contribution in [0.15, 0.2) is 78.4 Å². The number of hydrogen-bond acceptors (Lipinski definition) is 7. The van der Waals surface area contributed by atoms with Gasteiger partial charge in [0.15, 0.2) is 9.75 Å². The van der Waals surface area contributed by atoms with Gasteiger partial charge in [0.25, 0.3) is 17.5 Å². The van der Waals surface area contributed by atoms with Crippen molar-refractivity contribution in [1.82, 2.24) is 0 Å². The molecule has 2 aliphatic carbocycles. The largest absolute Gasteiger partial charge is 0.507 e. The number of fused-ring (bicyclic) bond motifs is 4. The Morgan fingerprint density at radius 3 is 2.17 bits per heavy atom. The second-order valence-corrected chi connectivity index (χ2v) is 13.3.